The van der Waals surface area contributed by atoms with Crippen LogP contribution in [-0.2, 0) is 12.8 Å². The van der Waals surface area contributed by atoms with Crippen molar-refractivity contribution in [3.63, 3.8) is 0 Å². The molecule has 0 atom stereocenters. The highest BCUT2D eigenvalue weighted by molar-refractivity contribution is 6.31. The maximum Gasteiger partial charge on any atom is 0.161 e. The van der Waals surface area contributed by atoms with Gasteiger partial charge in [-0.2, -0.15) is 0 Å². The van der Waals surface area contributed by atoms with Gasteiger partial charge in [-0.3, -0.25) is 0 Å². The molecule has 0 spiro atoms. The summed E-state index contributed by atoms with van der Waals surface area (Å²) in [6.45, 7) is 2.00. The van der Waals surface area contributed by atoms with Crippen molar-refractivity contribution in [2.75, 3.05) is 12.4 Å². The van der Waals surface area contributed by atoms with Gasteiger partial charge in [-0.15, -0.1) is 0 Å². The Kier molecular flexibility index (Phi) is 3.62. The normalized spacial score (nSPS) is 13.9. The second-order valence-corrected chi connectivity index (χ2v) is 5.65. The van der Waals surface area contributed by atoms with Crippen LogP contribution in [0.15, 0.2) is 18.2 Å². The fraction of sp³-hybridized carbons (Fsp3) is 0.375. The van der Waals surface area contributed by atoms with Crippen LogP contribution in [0.4, 0.5) is 5.82 Å². The summed E-state index contributed by atoms with van der Waals surface area (Å²) in [6.07, 6.45) is 4.54. The average Bonchev–Trinajstić information content (AvgIpc) is 2.49. The molecule has 1 aliphatic rings. The van der Waals surface area contributed by atoms with Gasteiger partial charge in [-0.1, -0.05) is 23.7 Å². The lowest BCUT2D eigenvalue weighted by Gasteiger charge is -2.19. The van der Waals surface area contributed by atoms with Crippen LogP contribution in [0.2, 0.25) is 5.02 Å². The first-order chi connectivity index (χ1) is 9.69. The minimum Gasteiger partial charge on any atom is -0.373 e. The van der Waals surface area contributed by atoms with E-state index in [2.05, 4.69) is 10.3 Å². The fourth-order valence-electron chi connectivity index (χ4n) is 2.66. The lowest BCUT2D eigenvalue weighted by atomic mass is 9.96. The molecular formula is C16H18ClN3. The van der Waals surface area contributed by atoms with Crippen molar-refractivity contribution in [3.05, 3.63) is 40.0 Å². The smallest absolute Gasteiger partial charge is 0.161 e. The Bertz CT molecular complexity index is 635. The zero-order chi connectivity index (χ0) is 14.1. The molecule has 1 aromatic heterocycles. The summed E-state index contributed by atoms with van der Waals surface area (Å²) < 4.78 is 0. The van der Waals surface area contributed by atoms with Gasteiger partial charge in [0.25, 0.3) is 0 Å². The monoisotopic (exact) mass is 287 g/mol. The summed E-state index contributed by atoms with van der Waals surface area (Å²) in [5.74, 6) is 1.72. The standard InChI is InChI=1S/C16H18ClN3/c1-10-7-8-11(9-13(10)17)15-19-14-6-4-3-5-12(14)16(18-2)20-15/h7-9H,3-6H2,1-2H3,(H,18,19,20). The first-order valence-electron chi connectivity index (χ1n) is 7.03. The van der Waals surface area contributed by atoms with Crippen LogP contribution in [0.5, 0.6) is 0 Å². The topological polar surface area (TPSA) is 37.8 Å². The van der Waals surface area contributed by atoms with Crippen molar-refractivity contribution in [3.8, 4) is 11.4 Å². The zero-order valence-electron chi connectivity index (χ0n) is 11.8. The Morgan fingerprint density at radius 2 is 1.95 bits per heavy atom. The second kappa shape index (κ2) is 5.41. The number of nitrogens with one attached hydrogen (secondary N) is 1. The third kappa shape index (κ3) is 2.38. The summed E-state index contributed by atoms with van der Waals surface area (Å²) in [5, 5.41) is 3.97. The number of aromatic nitrogens is 2. The van der Waals surface area contributed by atoms with E-state index in [-0.39, 0.29) is 0 Å². The van der Waals surface area contributed by atoms with E-state index >= 15 is 0 Å². The van der Waals surface area contributed by atoms with Crippen molar-refractivity contribution in [1.29, 1.82) is 0 Å². The van der Waals surface area contributed by atoms with Crippen LogP contribution in [0.25, 0.3) is 11.4 Å². The molecule has 3 rings (SSSR count). The number of hydrogen-bond donors (Lipinski definition) is 1. The predicted octanol–water partition coefficient (Wildman–Crippen LogP) is 4.03. The highest BCUT2D eigenvalue weighted by atomic mass is 35.5. The van der Waals surface area contributed by atoms with E-state index in [0.29, 0.717) is 0 Å². The molecule has 0 amide bonds. The molecule has 0 unspecified atom stereocenters. The maximum absolute atomic E-state index is 6.21. The summed E-state index contributed by atoms with van der Waals surface area (Å²) in [5.41, 5.74) is 4.51. The van der Waals surface area contributed by atoms with Crippen LogP contribution in [0.1, 0.15) is 29.7 Å². The van der Waals surface area contributed by atoms with Crippen LogP contribution < -0.4 is 5.32 Å². The maximum atomic E-state index is 6.21. The predicted molar refractivity (Wildman–Crippen MR) is 83.4 cm³/mol. The number of nitrogens with zero attached hydrogens (tertiary/aromatic N) is 2. The van der Waals surface area contributed by atoms with Crippen molar-refractivity contribution >= 4 is 17.4 Å². The molecule has 1 aliphatic carbocycles. The van der Waals surface area contributed by atoms with Crippen molar-refractivity contribution < 1.29 is 0 Å². The molecule has 1 N–H and O–H groups in total. The Morgan fingerprint density at radius 1 is 1.15 bits per heavy atom. The number of aryl methyl sites for hydroxylation is 2. The van der Waals surface area contributed by atoms with E-state index in [4.69, 9.17) is 16.6 Å². The quantitative estimate of drug-likeness (QED) is 0.906. The average molecular weight is 288 g/mol. The Balaban J connectivity index is 2.11. The minimum atomic E-state index is 0.759. The SMILES string of the molecule is CNc1nc(-c2ccc(C)c(Cl)c2)nc2c1CCCC2. The third-order valence-electron chi connectivity index (χ3n) is 3.85. The zero-order valence-corrected chi connectivity index (χ0v) is 12.6. The molecule has 0 fully saturated rings. The Labute approximate surface area is 124 Å². The number of fused-ring (bicyclic) bond motifs is 1. The molecule has 0 saturated carbocycles. The van der Waals surface area contributed by atoms with Gasteiger partial charge in [-0.25, -0.2) is 9.97 Å². The molecule has 0 radical (unpaired) electrons. The highest BCUT2D eigenvalue weighted by Crippen LogP contribution is 2.29. The summed E-state index contributed by atoms with van der Waals surface area (Å²) in [7, 11) is 1.92. The van der Waals surface area contributed by atoms with Crippen LogP contribution in [0, 0.1) is 6.92 Å². The Morgan fingerprint density at radius 3 is 2.70 bits per heavy atom. The van der Waals surface area contributed by atoms with E-state index in [0.717, 1.165) is 40.6 Å². The van der Waals surface area contributed by atoms with Gasteiger partial charge >= 0.3 is 0 Å². The minimum absolute atomic E-state index is 0.759. The third-order valence-corrected chi connectivity index (χ3v) is 4.26. The molecule has 0 aliphatic heterocycles. The van der Waals surface area contributed by atoms with Gasteiger partial charge in [0.05, 0.1) is 0 Å². The lowest BCUT2D eigenvalue weighted by Crippen LogP contribution is -2.11. The number of hydrogen-bond acceptors (Lipinski definition) is 3. The molecule has 4 heteroatoms. The first kappa shape index (κ1) is 13.4. The number of anilines is 1. The molecule has 104 valence electrons. The summed E-state index contributed by atoms with van der Waals surface area (Å²) in [4.78, 5) is 9.42. The second-order valence-electron chi connectivity index (χ2n) is 5.24. The van der Waals surface area contributed by atoms with Gasteiger partial charge in [0.1, 0.15) is 5.82 Å². The van der Waals surface area contributed by atoms with Gasteiger partial charge in [0.2, 0.25) is 0 Å². The summed E-state index contributed by atoms with van der Waals surface area (Å²) in [6, 6.07) is 5.99. The molecule has 0 saturated heterocycles. The number of halogens is 1. The van der Waals surface area contributed by atoms with E-state index < -0.39 is 0 Å². The number of benzene rings is 1. The first-order valence-corrected chi connectivity index (χ1v) is 7.41. The molecule has 1 heterocycles. The van der Waals surface area contributed by atoms with Crippen molar-refractivity contribution in [1.82, 2.24) is 9.97 Å². The highest BCUT2D eigenvalue weighted by Gasteiger charge is 2.17. The molecular weight excluding hydrogens is 270 g/mol. The largest absolute Gasteiger partial charge is 0.373 e. The Hall–Kier alpha value is -1.61. The van der Waals surface area contributed by atoms with E-state index in [1.807, 2.05) is 32.2 Å². The van der Waals surface area contributed by atoms with Crippen molar-refractivity contribution in [2.24, 2.45) is 0 Å². The lowest BCUT2D eigenvalue weighted by molar-refractivity contribution is 0.665. The molecule has 1 aromatic carbocycles. The van der Waals surface area contributed by atoms with Crippen LogP contribution >= 0.6 is 11.6 Å². The fourth-order valence-corrected chi connectivity index (χ4v) is 2.84. The molecule has 20 heavy (non-hydrogen) atoms. The number of rotatable bonds is 2. The van der Waals surface area contributed by atoms with E-state index in [1.165, 1.54) is 24.1 Å². The van der Waals surface area contributed by atoms with Crippen molar-refractivity contribution in [2.45, 2.75) is 32.6 Å². The van der Waals surface area contributed by atoms with E-state index in [1.54, 1.807) is 0 Å². The van der Waals surface area contributed by atoms with Gasteiger partial charge in [0, 0.05) is 28.9 Å². The van der Waals surface area contributed by atoms with Gasteiger partial charge < -0.3 is 5.32 Å². The van der Waals surface area contributed by atoms with Crippen LogP contribution in [-0.4, -0.2) is 17.0 Å². The van der Waals surface area contributed by atoms with Crippen LogP contribution in [0.3, 0.4) is 0 Å². The van der Waals surface area contributed by atoms with Gasteiger partial charge in [-0.05, 0) is 44.2 Å². The van der Waals surface area contributed by atoms with E-state index in [9.17, 15) is 0 Å². The molecule has 2 aromatic rings. The van der Waals surface area contributed by atoms with Gasteiger partial charge in [0.15, 0.2) is 5.82 Å². The molecule has 0 bridgehead atoms. The summed E-state index contributed by atoms with van der Waals surface area (Å²) >= 11 is 6.21. The molecule has 3 nitrogen and oxygen atoms in total.